The summed E-state index contributed by atoms with van der Waals surface area (Å²) in [7, 11) is 3.44. The number of nitrogens with one attached hydrogen (secondary N) is 1. The summed E-state index contributed by atoms with van der Waals surface area (Å²) >= 11 is 0. The Hall–Kier alpha value is -1.97. The minimum Gasteiger partial charge on any atom is -0.363 e. The largest absolute Gasteiger partial charge is 0.363 e. The van der Waals surface area contributed by atoms with Crippen molar-refractivity contribution in [3.05, 3.63) is 47.5 Å². The van der Waals surface area contributed by atoms with E-state index in [1.54, 1.807) is 25.1 Å². The van der Waals surface area contributed by atoms with E-state index in [0.717, 1.165) is 0 Å². The van der Waals surface area contributed by atoms with Crippen LogP contribution in [0.5, 0.6) is 0 Å². The lowest BCUT2D eigenvalue weighted by Gasteiger charge is -2.16. The molecule has 0 heterocycles. The third kappa shape index (κ3) is 1.86. The predicted molar refractivity (Wildman–Crippen MR) is 64.4 cm³/mol. The summed E-state index contributed by atoms with van der Waals surface area (Å²) in [4.78, 5) is 1.59. The van der Waals surface area contributed by atoms with E-state index in [-0.39, 0.29) is 11.2 Å². The van der Waals surface area contributed by atoms with E-state index >= 15 is 0 Å². The maximum Gasteiger partial charge on any atom is 0.134 e. The van der Waals surface area contributed by atoms with Crippen molar-refractivity contribution in [2.75, 3.05) is 14.1 Å². The van der Waals surface area contributed by atoms with Gasteiger partial charge in [-0.05, 0) is 23.6 Å². The van der Waals surface area contributed by atoms with Crippen LogP contribution in [-0.4, -0.2) is 24.8 Å². The first-order valence-corrected chi connectivity index (χ1v) is 5.15. The van der Waals surface area contributed by atoms with Gasteiger partial charge < -0.3 is 4.90 Å². The molecule has 2 aromatic rings. The topological polar surface area (TPSA) is 27.1 Å². The van der Waals surface area contributed by atoms with Gasteiger partial charge in [0, 0.05) is 19.7 Å². The lowest BCUT2D eigenvalue weighted by molar-refractivity contribution is 0.606. The van der Waals surface area contributed by atoms with Gasteiger partial charge in [0.25, 0.3) is 0 Å². The van der Waals surface area contributed by atoms with E-state index in [1.165, 1.54) is 24.3 Å². The maximum atomic E-state index is 13.6. The maximum absolute atomic E-state index is 13.6. The highest BCUT2D eigenvalue weighted by atomic mass is 19.1. The summed E-state index contributed by atoms with van der Waals surface area (Å²) in [6, 6.07) is 7.05. The monoisotopic (exact) mass is 234 g/mol. The fourth-order valence-electron chi connectivity index (χ4n) is 1.77. The Morgan fingerprint density at radius 1 is 1.06 bits per heavy atom. The fraction of sp³-hybridized carbons (Fsp3) is 0.154. The highest BCUT2D eigenvalue weighted by Crippen LogP contribution is 2.25. The van der Waals surface area contributed by atoms with E-state index in [1.807, 2.05) is 0 Å². The van der Waals surface area contributed by atoms with Crippen LogP contribution >= 0.6 is 0 Å². The SMILES string of the molecule is CN(C)C(=N)c1ccc(F)c2c(F)cccc12. The third-order valence-electron chi connectivity index (χ3n) is 2.64. The van der Waals surface area contributed by atoms with Gasteiger partial charge in [0.05, 0.1) is 5.39 Å². The molecule has 4 heteroatoms. The molecule has 0 aliphatic rings. The predicted octanol–water partition coefficient (Wildman–Crippen LogP) is 3.00. The van der Waals surface area contributed by atoms with Crippen molar-refractivity contribution >= 4 is 16.6 Å². The van der Waals surface area contributed by atoms with Crippen molar-refractivity contribution in [2.24, 2.45) is 0 Å². The van der Waals surface area contributed by atoms with Gasteiger partial charge in [-0.15, -0.1) is 0 Å². The van der Waals surface area contributed by atoms with Gasteiger partial charge in [-0.1, -0.05) is 12.1 Å². The molecule has 0 fully saturated rings. The van der Waals surface area contributed by atoms with Crippen molar-refractivity contribution < 1.29 is 8.78 Å². The van der Waals surface area contributed by atoms with Gasteiger partial charge in [0.2, 0.25) is 0 Å². The minimum atomic E-state index is -0.603. The Morgan fingerprint density at radius 2 is 1.71 bits per heavy atom. The molecule has 0 bridgehead atoms. The lowest BCUT2D eigenvalue weighted by atomic mass is 10.0. The van der Waals surface area contributed by atoms with E-state index in [9.17, 15) is 8.78 Å². The quantitative estimate of drug-likeness (QED) is 0.596. The molecule has 17 heavy (non-hydrogen) atoms. The van der Waals surface area contributed by atoms with Gasteiger partial charge in [0.1, 0.15) is 17.5 Å². The number of benzene rings is 2. The van der Waals surface area contributed by atoms with Crippen molar-refractivity contribution in [1.82, 2.24) is 4.90 Å². The van der Waals surface area contributed by atoms with Gasteiger partial charge >= 0.3 is 0 Å². The second-order valence-electron chi connectivity index (χ2n) is 4.00. The average Bonchev–Trinajstić information content (AvgIpc) is 2.28. The summed E-state index contributed by atoms with van der Waals surface area (Å²) in [6.07, 6.45) is 0. The summed E-state index contributed by atoms with van der Waals surface area (Å²) in [5.41, 5.74) is 0.519. The van der Waals surface area contributed by atoms with Crippen LogP contribution in [0.2, 0.25) is 0 Å². The molecule has 0 unspecified atom stereocenters. The highest BCUT2D eigenvalue weighted by Gasteiger charge is 2.13. The van der Waals surface area contributed by atoms with Crippen LogP contribution in [0.3, 0.4) is 0 Å². The molecule has 0 saturated heterocycles. The summed E-state index contributed by atoms with van der Waals surface area (Å²) in [6.45, 7) is 0. The van der Waals surface area contributed by atoms with Gasteiger partial charge in [-0.2, -0.15) is 0 Å². The number of fused-ring (bicyclic) bond motifs is 1. The Morgan fingerprint density at radius 3 is 2.35 bits per heavy atom. The molecule has 2 rings (SSSR count). The van der Waals surface area contributed by atoms with Gasteiger partial charge in [-0.25, -0.2) is 8.78 Å². The summed E-state index contributed by atoms with van der Waals surface area (Å²) in [5, 5.41) is 8.25. The van der Waals surface area contributed by atoms with Crippen molar-refractivity contribution in [3.63, 3.8) is 0 Å². The van der Waals surface area contributed by atoms with Gasteiger partial charge in [-0.3, -0.25) is 5.41 Å². The minimum absolute atomic E-state index is 0.0587. The molecule has 0 aromatic heterocycles. The zero-order valence-electron chi connectivity index (χ0n) is 9.59. The zero-order valence-corrected chi connectivity index (χ0v) is 9.59. The van der Waals surface area contributed by atoms with E-state index in [0.29, 0.717) is 10.9 Å². The van der Waals surface area contributed by atoms with E-state index in [2.05, 4.69) is 0 Å². The highest BCUT2D eigenvalue weighted by molar-refractivity contribution is 6.08. The Kier molecular flexibility index (Phi) is 2.79. The Bertz CT molecular complexity index is 583. The first-order chi connectivity index (χ1) is 8.02. The smallest absolute Gasteiger partial charge is 0.134 e. The number of rotatable bonds is 1. The van der Waals surface area contributed by atoms with Crippen molar-refractivity contribution in [3.8, 4) is 0 Å². The van der Waals surface area contributed by atoms with E-state index in [4.69, 9.17) is 5.41 Å². The number of amidine groups is 1. The second kappa shape index (κ2) is 4.13. The number of nitrogens with zero attached hydrogens (tertiary/aromatic N) is 1. The molecule has 1 N–H and O–H groups in total. The van der Waals surface area contributed by atoms with Gasteiger partial charge in [0.15, 0.2) is 0 Å². The van der Waals surface area contributed by atoms with Crippen LogP contribution in [0, 0.1) is 17.0 Å². The average molecular weight is 234 g/mol. The second-order valence-corrected chi connectivity index (χ2v) is 4.00. The molecule has 0 aliphatic heterocycles. The van der Waals surface area contributed by atoms with E-state index < -0.39 is 11.6 Å². The molecule has 0 aliphatic carbocycles. The fourth-order valence-corrected chi connectivity index (χ4v) is 1.77. The molecule has 0 radical (unpaired) electrons. The molecular weight excluding hydrogens is 222 g/mol. The molecule has 2 aromatic carbocycles. The number of halogens is 2. The van der Waals surface area contributed by atoms with Crippen LogP contribution in [0.1, 0.15) is 5.56 Å². The normalized spacial score (nSPS) is 10.6. The zero-order chi connectivity index (χ0) is 12.6. The number of hydrogen-bond acceptors (Lipinski definition) is 1. The van der Waals surface area contributed by atoms with Crippen LogP contribution in [0.15, 0.2) is 30.3 Å². The molecule has 0 spiro atoms. The first-order valence-electron chi connectivity index (χ1n) is 5.15. The first kappa shape index (κ1) is 11.5. The van der Waals surface area contributed by atoms with Crippen LogP contribution in [0.25, 0.3) is 10.8 Å². The summed E-state index contributed by atoms with van der Waals surface area (Å²) in [5.74, 6) is -0.984. The van der Waals surface area contributed by atoms with Crippen LogP contribution < -0.4 is 0 Å². The Labute approximate surface area is 98.0 Å². The summed E-state index contributed by atoms with van der Waals surface area (Å²) < 4.78 is 27.1. The molecule has 0 amide bonds. The van der Waals surface area contributed by atoms with Crippen LogP contribution in [0.4, 0.5) is 8.78 Å². The van der Waals surface area contributed by atoms with Crippen molar-refractivity contribution in [2.45, 2.75) is 0 Å². The third-order valence-corrected chi connectivity index (χ3v) is 2.64. The number of hydrogen-bond donors (Lipinski definition) is 1. The Balaban J connectivity index is 2.80. The standard InChI is InChI=1S/C13H12F2N2/c1-17(2)13(16)9-6-7-11(15)12-8(9)4-3-5-10(12)14/h3-7,16H,1-2H3. The molecular formula is C13H12F2N2. The van der Waals surface area contributed by atoms with Crippen LogP contribution in [-0.2, 0) is 0 Å². The molecule has 2 nitrogen and oxygen atoms in total. The van der Waals surface area contributed by atoms with Crippen molar-refractivity contribution in [1.29, 1.82) is 5.41 Å². The molecule has 88 valence electrons. The molecule has 0 atom stereocenters. The molecule has 0 saturated carbocycles. The lowest BCUT2D eigenvalue weighted by Crippen LogP contribution is -2.22.